The number of rotatable bonds is 6. The lowest BCUT2D eigenvalue weighted by molar-refractivity contribution is -0.0782. The van der Waals surface area contributed by atoms with Crippen LogP contribution >= 0.6 is 0 Å². The fourth-order valence-corrected chi connectivity index (χ4v) is 9.45. The van der Waals surface area contributed by atoms with Gasteiger partial charge in [0, 0.05) is 12.0 Å². The second-order valence-corrected chi connectivity index (χ2v) is 13.3. The highest BCUT2D eigenvalue weighted by molar-refractivity contribution is 5.31. The Kier molecular flexibility index (Phi) is 6.50. The Labute approximate surface area is 192 Å². The quantitative estimate of drug-likeness (QED) is 0.445. The summed E-state index contributed by atoms with van der Waals surface area (Å²) in [5.74, 6) is 4.70. The summed E-state index contributed by atoms with van der Waals surface area (Å²) in [5.41, 5.74) is 2.35. The molecular formula is C29H50O2. The van der Waals surface area contributed by atoms with E-state index in [1.807, 2.05) is 0 Å². The Morgan fingerprint density at radius 2 is 1.71 bits per heavy atom. The maximum Gasteiger partial charge on any atom is 0.0628 e. The van der Waals surface area contributed by atoms with Crippen LogP contribution in [0, 0.1) is 51.8 Å². The molecular weight excluding hydrogens is 380 g/mol. The van der Waals surface area contributed by atoms with E-state index in [1.165, 1.54) is 57.8 Å². The monoisotopic (exact) mass is 430 g/mol. The summed E-state index contributed by atoms with van der Waals surface area (Å²) in [5, 5.41) is 20.1. The van der Waals surface area contributed by atoms with Gasteiger partial charge in [0.1, 0.15) is 0 Å². The van der Waals surface area contributed by atoms with Crippen molar-refractivity contribution in [3.8, 4) is 0 Å². The number of fused-ring (bicyclic) bond motifs is 5. The van der Waals surface area contributed by atoms with E-state index < -0.39 is 0 Å². The Morgan fingerprint density at radius 3 is 2.42 bits per heavy atom. The highest BCUT2D eigenvalue weighted by Crippen LogP contribution is 2.68. The third-order valence-corrected chi connectivity index (χ3v) is 11.4. The van der Waals surface area contributed by atoms with Crippen LogP contribution in [0.5, 0.6) is 0 Å². The minimum Gasteiger partial charge on any atom is -0.396 e. The first kappa shape index (κ1) is 23.8. The van der Waals surface area contributed by atoms with E-state index in [0.717, 1.165) is 36.0 Å². The summed E-state index contributed by atoms with van der Waals surface area (Å²) in [6.45, 7) is 14.8. The third kappa shape index (κ3) is 3.76. The Bertz CT molecular complexity index is 680. The molecule has 0 aromatic heterocycles. The molecule has 31 heavy (non-hydrogen) atoms. The maximum absolute atomic E-state index is 10.7. The molecule has 0 heterocycles. The molecule has 4 aliphatic rings. The fraction of sp³-hybridized carbons (Fsp3) is 0.931. The van der Waals surface area contributed by atoms with Crippen LogP contribution in [0.15, 0.2) is 11.6 Å². The van der Waals surface area contributed by atoms with Gasteiger partial charge in [0.05, 0.1) is 6.10 Å². The molecule has 0 unspecified atom stereocenters. The van der Waals surface area contributed by atoms with E-state index in [4.69, 9.17) is 0 Å². The van der Waals surface area contributed by atoms with Crippen molar-refractivity contribution in [3.05, 3.63) is 11.6 Å². The predicted octanol–water partition coefficient (Wildman–Crippen LogP) is 7.00. The zero-order valence-corrected chi connectivity index (χ0v) is 21.3. The molecule has 0 spiro atoms. The average molecular weight is 431 g/mol. The Morgan fingerprint density at radius 1 is 0.968 bits per heavy atom. The van der Waals surface area contributed by atoms with Crippen molar-refractivity contribution in [3.63, 3.8) is 0 Å². The van der Waals surface area contributed by atoms with E-state index in [9.17, 15) is 10.2 Å². The van der Waals surface area contributed by atoms with E-state index in [1.54, 1.807) is 5.57 Å². The van der Waals surface area contributed by atoms with Crippen molar-refractivity contribution < 1.29 is 10.2 Å². The van der Waals surface area contributed by atoms with Crippen molar-refractivity contribution in [2.24, 2.45) is 51.8 Å². The maximum atomic E-state index is 10.7. The van der Waals surface area contributed by atoms with Crippen LogP contribution in [0.25, 0.3) is 0 Å². The molecule has 9 atom stereocenters. The van der Waals surface area contributed by atoms with Crippen LogP contribution < -0.4 is 0 Å². The van der Waals surface area contributed by atoms with Gasteiger partial charge in [-0.05, 0) is 97.7 Å². The molecule has 4 aliphatic carbocycles. The van der Waals surface area contributed by atoms with Gasteiger partial charge in [-0.1, -0.05) is 66.0 Å². The summed E-state index contributed by atoms with van der Waals surface area (Å²) in [7, 11) is 0. The van der Waals surface area contributed by atoms with Crippen LogP contribution in [0.3, 0.4) is 0 Å². The largest absolute Gasteiger partial charge is 0.396 e. The summed E-state index contributed by atoms with van der Waals surface area (Å²) in [6, 6.07) is 0. The topological polar surface area (TPSA) is 40.5 Å². The molecule has 2 heteroatoms. The number of hydrogen-bond donors (Lipinski definition) is 2. The van der Waals surface area contributed by atoms with E-state index in [2.05, 4.69) is 47.6 Å². The number of allylic oxidation sites excluding steroid dienone is 1. The molecule has 2 N–H and O–H groups in total. The molecule has 0 aromatic rings. The van der Waals surface area contributed by atoms with Crippen molar-refractivity contribution in [2.75, 3.05) is 6.61 Å². The van der Waals surface area contributed by atoms with Crippen LogP contribution in [0.2, 0.25) is 0 Å². The van der Waals surface area contributed by atoms with Gasteiger partial charge in [0.2, 0.25) is 0 Å². The van der Waals surface area contributed by atoms with E-state index >= 15 is 0 Å². The van der Waals surface area contributed by atoms with Gasteiger partial charge < -0.3 is 10.2 Å². The molecule has 0 radical (unpaired) electrons. The van der Waals surface area contributed by atoms with Gasteiger partial charge in [0.25, 0.3) is 0 Å². The molecule has 4 rings (SSSR count). The van der Waals surface area contributed by atoms with E-state index in [-0.39, 0.29) is 11.5 Å². The fourth-order valence-electron chi connectivity index (χ4n) is 9.45. The second kappa shape index (κ2) is 8.46. The van der Waals surface area contributed by atoms with Gasteiger partial charge in [0.15, 0.2) is 0 Å². The minimum atomic E-state index is -0.178. The third-order valence-electron chi connectivity index (χ3n) is 11.4. The lowest BCUT2D eigenvalue weighted by Crippen LogP contribution is -2.54. The predicted molar refractivity (Wildman–Crippen MR) is 130 cm³/mol. The first-order valence-electron chi connectivity index (χ1n) is 13.6. The van der Waals surface area contributed by atoms with Crippen LogP contribution in [-0.4, -0.2) is 22.9 Å². The van der Waals surface area contributed by atoms with Gasteiger partial charge in [-0.2, -0.15) is 0 Å². The Hall–Kier alpha value is -0.340. The number of aliphatic hydroxyl groups is 2. The Balaban J connectivity index is 1.50. The molecule has 0 saturated heterocycles. The highest BCUT2D eigenvalue weighted by Gasteiger charge is 2.61. The smallest absolute Gasteiger partial charge is 0.0628 e. The van der Waals surface area contributed by atoms with Crippen LogP contribution in [0.1, 0.15) is 106 Å². The summed E-state index contributed by atoms with van der Waals surface area (Å²) < 4.78 is 0. The van der Waals surface area contributed by atoms with Gasteiger partial charge in [-0.15, -0.1) is 0 Å². The molecule has 3 saturated carbocycles. The van der Waals surface area contributed by atoms with Crippen molar-refractivity contribution in [1.29, 1.82) is 0 Å². The van der Waals surface area contributed by atoms with Crippen molar-refractivity contribution >= 4 is 0 Å². The summed E-state index contributed by atoms with van der Waals surface area (Å²) >= 11 is 0. The minimum absolute atomic E-state index is 0.0584. The van der Waals surface area contributed by atoms with Gasteiger partial charge in [-0.25, -0.2) is 0 Å². The molecule has 0 amide bonds. The van der Waals surface area contributed by atoms with Crippen molar-refractivity contribution in [2.45, 2.75) is 112 Å². The van der Waals surface area contributed by atoms with E-state index in [0.29, 0.717) is 23.4 Å². The molecule has 0 aliphatic heterocycles. The number of aliphatic hydroxyl groups excluding tert-OH is 2. The van der Waals surface area contributed by atoms with Crippen molar-refractivity contribution in [1.82, 2.24) is 0 Å². The number of hydrogen-bond acceptors (Lipinski definition) is 2. The highest BCUT2D eigenvalue weighted by atomic mass is 16.3. The average Bonchev–Trinajstić information content (AvgIpc) is 3.08. The van der Waals surface area contributed by atoms with Crippen LogP contribution in [-0.2, 0) is 0 Å². The second-order valence-electron chi connectivity index (χ2n) is 13.3. The standard InChI is InChI=1S/C29H50O2/c1-19(18-30)8-7-9-20(2)22-11-12-23-21-10-13-25-27(3,4)26(31)15-17-29(25,6)24(21)14-16-28(22,23)5/h13,19-24,26,30-31H,7-12,14-18H2,1-6H3/t19-,20-,21+,22-,23+,24+,26-,28-,29-/m1/s1. The lowest BCUT2D eigenvalue weighted by atomic mass is 9.44. The molecule has 0 aromatic carbocycles. The van der Waals surface area contributed by atoms with Crippen LogP contribution in [0.4, 0.5) is 0 Å². The lowest BCUT2D eigenvalue weighted by Gasteiger charge is -2.61. The first-order chi connectivity index (χ1) is 14.6. The summed E-state index contributed by atoms with van der Waals surface area (Å²) in [6.07, 6.45) is 15.3. The summed E-state index contributed by atoms with van der Waals surface area (Å²) in [4.78, 5) is 0. The zero-order valence-electron chi connectivity index (χ0n) is 21.3. The molecule has 178 valence electrons. The molecule has 0 bridgehead atoms. The first-order valence-corrected chi connectivity index (χ1v) is 13.6. The zero-order chi connectivity index (χ0) is 22.6. The molecule has 2 nitrogen and oxygen atoms in total. The SMILES string of the molecule is C[C@@H](CO)CCC[C@@H](C)[C@H]1CC[C@H]2[C@@H]3CC=C4C(C)(C)[C@H](O)CC[C@]4(C)[C@H]3CC[C@]12C. The molecule has 3 fully saturated rings. The normalized spacial score (nSPS) is 45.8. The van der Waals surface area contributed by atoms with Gasteiger partial charge >= 0.3 is 0 Å². The van der Waals surface area contributed by atoms with Gasteiger partial charge in [-0.3, -0.25) is 0 Å².